The molecule has 3 aromatic rings. The highest BCUT2D eigenvalue weighted by molar-refractivity contribution is 7.10. The van der Waals surface area contributed by atoms with E-state index in [0.717, 1.165) is 28.6 Å². The van der Waals surface area contributed by atoms with E-state index in [-0.39, 0.29) is 5.91 Å². The molecule has 120 valence electrons. The third-order valence-corrected chi connectivity index (χ3v) is 6.18. The monoisotopic (exact) mass is 334 g/mol. The number of nitrogens with zero attached hydrogens (tertiary/aromatic N) is 2. The van der Waals surface area contributed by atoms with E-state index >= 15 is 0 Å². The molecule has 3 heterocycles. The Hall–Kier alpha value is -2.17. The van der Waals surface area contributed by atoms with E-state index in [1.807, 2.05) is 34.4 Å². The summed E-state index contributed by atoms with van der Waals surface area (Å²) in [5, 5.41) is 4.40. The Morgan fingerprint density at radius 3 is 2.79 bits per heavy atom. The quantitative estimate of drug-likeness (QED) is 0.696. The van der Waals surface area contributed by atoms with E-state index in [1.165, 1.54) is 17.7 Å². The summed E-state index contributed by atoms with van der Waals surface area (Å²) in [6, 6.07) is 17.0. The maximum Gasteiger partial charge on any atom is 0.260 e. The molecule has 0 unspecified atom stereocenters. The van der Waals surface area contributed by atoms with Gasteiger partial charge in [0.25, 0.3) is 5.91 Å². The molecule has 0 bridgehead atoms. The van der Waals surface area contributed by atoms with Gasteiger partial charge in [0.1, 0.15) is 0 Å². The van der Waals surface area contributed by atoms with Crippen molar-refractivity contribution in [1.82, 2.24) is 4.90 Å². The van der Waals surface area contributed by atoms with Crippen molar-refractivity contribution in [3.63, 3.8) is 0 Å². The molecule has 5 rings (SSSR count). The Bertz CT molecular complexity index is 913. The summed E-state index contributed by atoms with van der Waals surface area (Å²) in [6.45, 7) is 1.73. The van der Waals surface area contributed by atoms with Crippen molar-refractivity contribution >= 4 is 33.7 Å². The van der Waals surface area contributed by atoms with E-state index in [1.54, 1.807) is 0 Å². The lowest BCUT2D eigenvalue weighted by Gasteiger charge is -2.29. The molecular formula is C20H18N2OS. The van der Waals surface area contributed by atoms with Crippen LogP contribution in [0.5, 0.6) is 0 Å². The van der Waals surface area contributed by atoms with Crippen LogP contribution in [0.1, 0.15) is 34.1 Å². The fourth-order valence-corrected chi connectivity index (χ4v) is 5.00. The van der Waals surface area contributed by atoms with Crippen LogP contribution in [-0.4, -0.2) is 24.0 Å². The van der Waals surface area contributed by atoms with Gasteiger partial charge in [-0.05, 0) is 41.8 Å². The minimum Gasteiger partial charge on any atom is -0.294 e. The van der Waals surface area contributed by atoms with Crippen molar-refractivity contribution < 1.29 is 4.79 Å². The molecule has 2 aliphatic rings. The molecule has 1 fully saturated rings. The van der Waals surface area contributed by atoms with E-state index in [2.05, 4.69) is 40.6 Å². The molecule has 0 aliphatic carbocycles. The van der Waals surface area contributed by atoms with Crippen LogP contribution in [0, 0.1) is 0 Å². The van der Waals surface area contributed by atoms with E-state index in [9.17, 15) is 4.79 Å². The van der Waals surface area contributed by atoms with Crippen LogP contribution < -0.4 is 4.90 Å². The van der Waals surface area contributed by atoms with Gasteiger partial charge in [0, 0.05) is 28.4 Å². The third-order valence-electron chi connectivity index (χ3n) is 5.21. The molecule has 4 heteroatoms. The molecule has 2 aliphatic heterocycles. The molecular weight excluding hydrogens is 316 g/mol. The van der Waals surface area contributed by atoms with Crippen molar-refractivity contribution in [3.05, 3.63) is 64.4 Å². The number of hydrogen-bond acceptors (Lipinski definition) is 3. The van der Waals surface area contributed by atoms with Crippen LogP contribution in [0.2, 0.25) is 0 Å². The number of rotatable bonds is 3. The van der Waals surface area contributed by atoms with E-state index < -0.39 is 0 Å². The molecule has 2 aromatic carbocycles. The highest BCUT2D eigenvalue weighted by atomic mass is 32.1. The Balaban J connectivity index is 1.50. The number of hydrogen-bond donors (Lipinski definition) is 0. The molecule has 1 aromatic heterocycles. The molecule has 0 saturated carbocycles. The summed E-state index contributed by atoms with van der Waals surface area (Å²) in [4.78, 5) is 18.8. The number of benzene rings is 2. The SMILES string of the molecule is O=C1c2cccc3cccc(c23)N1CN1CCC[C@@H]1c1cccs1. The predicted molar refractivity (Wildman–Crippen MR) is 98.6 cm³/mol. The fraction of sp³-hybridized carbons (Fsp3) is 0.250. The average molecular weight is 334 g/mol. The van der Waals surface area contributed by atoms with Crippen LogP contribution >= 0.6 is 11.3 Å². The summed E-state index contributed by atoms with van der Waals surface area (Å²) in [7, 11) is 0. The maximum atomic E-state index is 13.0. The highest BCUT2D eigenvalue weighted by Crippen LogP contribution is 2.40. The fourth-order valence-electron chi connectivity index (χ4n) is 4.10. The lowest BCUT2D eigenvalue weighted by atomic mass is 10.1. The second kappa shape index (κ2) is 5.43. The molecule has 1 saturated heterocycles. The Morgan fingerprint density at radius 1 is 1.08 bits per heavy atom. The van der Waals surface area contributed by atoms with Crippen LogP contribution in [0.3, 0.4) is 0 Å². The zero-order valence-corrected chi connectivity index (χ0v) is 14.1. The first-order valence-corrected chi connectivity index (χ1v) is 9.32. The average Bonchev–Trinajstić information content (AvgIpc) is 3.33. The lowest BCUT2D eigenvalue weighted by Crippen LogP contribution is -2.39. The van der Waals surface area contributed by atoms with Gasteiger partial charge in [-0.15, -0.1) is 11.3 Å². The number of carbonyl (C=O) groups is 1. The van der Waals surface area contributed by atoms with Gasteiger partial charge in [0.2, 0.25) is 0 Å². The summed E-state index contributed by atoms with van der Waals surface area (Å²) in [5.41, 5.74) is 1.90. The number of likely N-dealkylation sites (tertiary alicyclic amines) is 1. The minimum atomic E-state index is 0.138. The van der Waals surface area contributed by atoms with E-state index in [0.29, 0.717) is 12.7 Å². The Kier molecular flexibility index (Phi) is 3.21. The molecule has 0 N–H and O–H groups in total. The summed E-state index contributed by atoms with van der Waals surface area (Å²) in [5.74, 6) is 0.138. The van der Waals surface area contributed by atoms with Crippen LogP contribution in [0.15, 0.2) is 53.9 Å². The van der Waals surface area contributed by atoms with Gasteiger partial charge in [-0.1, -0.05) is 30.3 Å². The van der Waals surface area contributed by atoms with Gasteiger partial charge in [0.05, 0.1) is 12.4 Å². The van der Waals surface area contributed by atoms with Gasteiger partial charge in [-0.3, -0.25) is 14.6 Å². The standard InChI is InChI=1S/C20H18N2OS/c23-20-15-7-1-5-14-6-2-8-17(19(14)15)22(20)13-21-11-3-9-16(21)18-10-4-12-24-18/h1-2,4-8,10,12,16H,3,9,11,13H2/t16-/m1/s1. The molecule has 3 nitrogen and oxygen atoms in total. The van der Waals surface area contributed by atoms with Gasteiger partial charge < -0.3 is 0 Å². The van der Waals surface area contributed by atoms with Crippen molar-refractivity contribution in [2.45, 2.75) is 18.9 Å². The first-order valence-electron chi connectivity index (χ1n) is 8.44. The van der Waals surface area contributed by atoms with Gasteiger partial charge in [-0.25, -0.2) is 0 Å². The molecule has 1 amide bonds. The Labute approximate surface area is 145 Å². The number of amides is 1. The zero-order chi connectivity index (χ0) is 16.1. The van der Waals surface area contributed by atoms with Crippen molar-refractivity contribution in [3.8, 4) is 0 Å². The number of carbonyl (C=O) groups excluding carboxylic acids is 1. The normalized spacial score (nSPS) is 20.4. The van der Waals surface area contributed by atoms with Crippen molar-refractivity contribution in [2.24, 2.45) is 0 Å². The van der Waals surface area contributed by atoms with Crippen molar-refractivity contribution in [2.75, 3.05) is 18.1 Å². The number of anilines is 1. The largest absolute Gasteiger partial charge is 0.294 e. The highest BCUT2D eigenvalue weighted by Gasteiger charge is 2.34. The molecule has 0 spiro atoms. The molecule has 1 atom stereocenters. The Morgan fingerprint density at radius 2 is 1.96 bits per heavy atom. The van der Waals surface area contributed by atoms with Crippen LogP contribution in [-0.2, 0) is 0 Å². The lowest BCUT2D eigenvalue weighted by molar-refractivity contribution is 0.0971. The van der Waals surface area contributed by atoms with Crippen LogP contribution in [0.25, 0.3) is 10.8 Å². The third kappa shape index (κ3) is 2.03. The van der Waals surface area contributed by atoms with E-state index in [4.69, 9.17) is 0 Å². The van der Waals surface area contributed by atoms with Gasteiger partial charge in [-0.2, -0.15) is 0 Å². The maximum absolute atomic E-state index is 13.0. The number of thiophene rings is 1. The van der Waals surface area contributed by atoms with Gasteiger partial charge in [0.15, 0.2) is 0 Å². The molecule has 24 heavy (non-hydrogen) atoms. The topological polar surface area (TPSA) is 23.6 Å². The molecule has 0 radical (unpaired) electrons. The summed E-state index contributed by atoms with van der Waals surface area (Å²) in [6.07, 6.45) is 2.38. The smallest absolute Gasteiger partial charge is 0.260 e. The first kappa shape index (κ1) is 14.2. The van der Waals surface area contributed by atoms with Crippen molar-refractivity contribution in [1.29, 1.82) is 0 Å². The summed E-state index contributed by atoms with van der Waals surface area (Å²) >= 11 is 1.82. The second-order valence-electron chi connectivity index (χ2n) is 6.54. The minimum absolute atomic E-state index is 0.138. The zero-order valence-electron chi connectivity index (χ0n) is 13.3. The van der Waals surface area contributed by atoms with Gasteiger partial charge >= 0.3 is 0 Å². The summed E-state index contributed by atoms with van der Waals surface area (Å²) < 4.78 is 0. The second-order valence-corrected chi connectivity index (χ2v) is 7.52. The predicted octanol–water partition coefficient (Wildman–Crippen LogP) is 4.66. The first-order chi connectivity index (χ1) is 11.8. The van der Waals surface area contributed by atoms with Crippen LogP contribution in [0.4, 0.5) is 5.69 Å².